The van der Waals surface area contributed by atoms with Crippen LogP contribution >= 0.6 is 12.0 Å². The molecule has 0 atom stereocenters. The van der Waals surface area contributed by atoms with Crippen LogP contribution in [0, 0.1) is 0 Å². The molecule has 2 rings (SSSR count). The number of hydrogen-bond donors (Lipinski definition) is 2. The van der Waals surface area contributed by atoms with Gasteiger partial charge in [0, 0.05) is 4.90 Å². The third-order valence-electron chi connectivity index (χ3n) is 1.75. The number of fused-ring (bicyclic) bond motifs is 1. The van der Waals surface area contributed by atoms with Crippen LogP contribution in [0.4, 0.5) is 13.2 Å². The maximum absolute atomic E-state index is 11.6. The number of imidazole rings is 1. The fraction of sp³-hybridized carbons (Fsp3) is 0.125. The summed E-state index contributed by atoms with van der Waals surface area (Å²) in [6.07, 6.45) is -4.85. The Morgan fingerprint density at radius 1 is 1.18 bits per heavy atom. The Kier molecular flexibility index (Phi) is 3.13. The second-order valence-electron chi connectivity index (χ2n) is 2.97. The summed E-state index contributed by atoms with van der Waals surface area (Å²) in [5.74, 6) is 0. The van der Waals surface area contributed by atoms with E-state index in [1.165, 1.54) is 18.2 Å². The maximum Gasteiger partial charge on any atom is 0.550 e. The maximum atomic E-state index is 11.6. The van der Waals surface area contributed by atoms with Crippen molar-refractivity contribution in [1.82, 2.24) is 9.97 Å². The molecule has 0 aliphatic rings. The van der Waals surface area contributed by atoms with Crippen molar-refractivity contribution in [2.45, 2.75) is 11.3 Å². The minimum atomic E-state index is -4.85. The van der Waals surface area contributed by atoms with E-state index in [0.717, 1.165) is 0 Å². The molecule has 0 saturated carbocycles. The molecule has 0 saturated heterocycles. The SMILES string of the molecule is O=c1[nH]c2ccc(SOOC(F)(F)F)cc2[nH]1. The highest BCUT2D eigenvalue weighted by Gasteiger charge is 2.31. The van der Waals surface area contributed by atoms with E-state index in [9.17, 15) is 18.0 Å². The molecule has 9 heteroatoms. The summed E-state index contributed by atoms with van der Waals surface area (Å²) in [4.78, 5) is 19.4. The molecule has 0 aliphatic heterocycles. The van der Waals surface area contributed by atoms with E-state index in [4.69, 9.17) is 0 Å². The molecule has 2 aromatic rings. The standard InChI is InChI=1S/C8H5F3N2O3S/c9-8(10,11)15-16-17-4-1-2-5-6(3-4)13-7(14)12-5/h1-3H,(H2,12,13,14). The molecule has 0 unspecified atom stereocenters. The molecule has 5 nitrogen and oxygen atoms in total. The molecule has 17 heavy (non-hydrogen) atoms. The topological polar surface area (TPSA) is 67.1 Å². The first-order chi connectivity index (χ1) is 7.94. The number of rotatable bonds is 3. The van der Waals surface area contributed by atoms with E-state index in [-0.39, 0.29) is 0 Å². The Morgan fingerprint density at radius 2 is 1.88 bits per heavy atom. The summed E-state index contributed by atoms with van der Waals surface area (Å²) in [5, 5.41) is 0. The van der Waals surface area contributed by atoms with Gasteiger partial charge in [0.2, 0.25) is 0 Å². The Bertz CT molecular complexity index is 577. The number of alkyl halides is 3. The molecule has 0 amide bonds. The average Bonchev–Trinajstić information content (AvgIpc) is 2.55. The highest BCUT2D eigenvalue weighted by Crippen LogP contribution is 2.26. The van der Waals surface area contributed by atoms with Gasteiger partial charge in [0.15, 0.2) is 0 Å². The number of aromatic amines is 2. The lowest BCUT2D eigenvalue weighted by Gasteiger charge is -2.04. The van der Waals surface area contributed by atoms with Crippen molar-refractivity contribution in [2.24, 2.45) is 0 Å². The Morgan fingerprint density at radius 3 is 2.59 bits per heavy atom. The average molecular weight is 266 g/mol. The zero-order chi connectivity index (χ0) is 12.5. The third-order valence-corrected chi connectivity index (χ3v) is 2.33. The Hall–Kier alpha value is -1.45. The van der Waals surface area contributed by atoms with Crippen molar-refractivity contribution in [2.75, 3.05) is 0 Å². The van der Waals surface area contributed by atoms with Crippen LogP contribution in [0.15, 0.2) is 27.9 Å². The van der Waals surface area contributed by atoms with E-state index in [1.807, 2.05) is 0 Å². The van der Waals surface area contributed by atoms with Crippen molar-refractivity contribution in [3.8, 4) is 0 Å². The van der Waals surface area contributed by atoms with Gasteiger partial charge in [-0.1, -0.05) is 0 Å². The summed E-state index contributed by atoms with van der Waals surface area (Å²) < 4.78 is 38.7. The van der Waals surface area contributed by atoms with E-state index in [1.54, 1.807) is 0 Å². The minimum absolute atomic E-state index is 0.358. The zero-order valence-corrected chi connectivity index (χ0v) is 8.82. The quantitative estimate of drug-likeness (QED) is 0.508. The number of aromatic nitrogens is 2. The molecule has 1 heterocycles. The van der Waals surface area contributed by atoms with Gasteiger partial charge in [-0.25, -0.2) is 4.79 Å². The van der Waals surface area contributed by atoms with Crippen molar-refractivity contribution in [3.05, 3.63) is 28.7 Å². The smallest absolute Gasteiger partial charge is 0.306 e. The van der Waals surface area contributed by atoms with Crippen LogP contribution in [0.25, 0.3) is 11.0 Å². The molecule has 0 bridgehead atoms. The van der Waals surface area contributed by atoms with Crippen molar-refractivity contribution in [1.29, 1.82) is 0 Å². The molecule has 0 fully saturated rings. The van der Waals surface area contributed by atoms with Gasteiger partial charge < -0.3 is 9.97 Å². The number of halogens is 3. The lowest BCUT2D eigenvalue weighted by Crippen LogP contribution is -2.11. The molecule has 2 N–H and O–H groups in total. The van der Waals surface area contributed by atoms with Crippen LogP contribution in [0.1, 0.15) is 0 Å². The van der Waals surface area contributed by atoms with Gasteiger partial charge in [-0.15, -0.1) is 18.1 Å². The molecule has 1 aromatic heterocycles. The summed E-state index contributed by atoms with van der Waals surface area (Å²) in [5.41, 5.74) is 0.626. The predicted molar refractivity (Wildman–Crippen MR) is 53.0 cm³/mol. The fourth-order valence-corrected chi connectivity index (χ4v) is 1.64. The van der Waals surface area contributed by atoms with E-state index in [0.29, 0.717) is 28.0 Å². The van der Waals surface area contributed by atoms with Crippen LogP contribution in [-0.4, -0.2) is 16.3 Å². The Labute approximate surface area is 96.1 Å². The molecule has 0 radical (unpaired) electrons. The minimum Gasteiger partial charge on any atom is -0.306 e. The van der Waals surface area contributed by atoms with Crippen LogP contribution < -0.4 is 5.69 Å². The van der Waals surface area contributed by atoms with Crippen molar-refractivity contribution < 1.29 is 22.4 Å². The zero-order valence-electron chi connectivity index (χ0n) is 8.00. The Balaban J connectivity index is 2.06. The van der Waals surface area contributed by atoms with Crippen molar-refractivity contribution >= 4 is 23.1 Å². The fourth-order valence-electron chi connectivity index (χ4n) is 1.16. The highest BCUT2D eigenvalue weighted by atomic mass is 32.2. The van der Waals surface area contributed by atoms with Gasteiger partial charge >= 0.3 is 12.1 Å². The molecular weight excluding hydrogens is 261 g/mol. The van der Waals surface area contributed by atoms with Gasteiger partial charge in [0.25, 0.3) is 0 Å². The van der Waals surface area contributed by atoms with Gasteiger partial charge in [-0.05, 0) is 18.2 Å². The van der Waals surface area contributed by atoms with Crippen LogP contribution in [-0.2, 0) is 9.22 Å². The third kappa shape index (κ3) is 3.25. The van der Waals surface area contributed by atoms with E-state index >= 15 is 0 Å². The van der Waals surface area contributed by atoms with Gasteiger partial charge in [0.1, 0.15) is 0 Å². The van der Waals surface area contributed by atoms with E-state index < -0.39 is 12.1 Å². The van der Waals surface area contributed by atoms with Crippen molar-refractivity contribution in [3.63, 3.8) is 0 Å². The number of benzene rings is 1. The number of H-pyrrole nitrogens is 2. The van der Waals surface area contributed by atoms with Crippen LogP contribution in [0.2, 0.25) is 0 Å². The molecule has 1 aromatic carbocycles. The summed E-state index contributed by atoms with van der Waals surface area (Å²) in [6.45, 7) is 0. The van der Waals surface area contributed by atoms with Gasteiger partial charge in [0.05, 0.1) is 23.1 Å². The molecule has 0 aliphatic carbocycles. The highest BCUT2D eigenvalue weighted by molar-refractivity contribution is 7.94. The second-order valence-corrected chi connectivity index (χ2v) is 3.74. The first kappa shape index (κ1) is 12.0. The predicted octanol–water partition coefficient (Wildman–Crippen LogP) is 2.33. The number of nitrogens with one attached hydrogen (secondary N) is 2. The summed E-state index contributed by atoms with van der Waals surface area (Å²) in [6, 6.07) is 4.47. The lowest BCUT2D eigenvalue weighted by molar-refractivity contribution is -0.440. The first-order valence-electron chi connectivity index (χ1n) is 4.25. The largest absolute Gasteiger partial charge is 0.550 e. The van der Waals surface area contributed by atoms with Crippen LogP contribution in [0.5, 0.6) is 0 Å². The summed E-state index contributed by atoms with van der Waals surface area (Å²) >= 11 is 0.393. The monoisotopic (exact) mass is 266 g/mol. The number of hydrogen-bond acceptors (Lipinski definition) is 4. The van der Waals surface area contributed by atoms with Crippen LogP contribution in [0.3, 0.4) is 0 Å². The molecule has 0 spiro atoms. The normalized spacial score (nSPS) is 12.2. The summed E-state index contributed by atoms with van der Waals surface area (Å²) in [7, 11) is 0. The first-order valence-corrected chi connectivity index (χ1v) is 4.99. The lowest BCUT2D eigenvalue weighted by atomic mass is 10.3. The molecule has 92 valence electrons. The van der Waals surface area contributed by atoms with E-state index in [2.05, 4.69) is 19.2 Å². The second kappa shape index (κ2) is 4.43. The van der Waals surface area contributed by atoms with Gasteiger partial charge in [-0.2, -0.15) is 4.33 Å². The molecular formula is C8H5F3N2O3S. The van der Waals surface area contributed by atoms with Gasteiger partial charge in [-0.3, -0.25) is 0 Å².